The maximum atomic E-state index is 13.2. The summed E-state index contributed by atoms with van der Waals surface area (Å²) in [5.41, 5.74) is 0.750. The van der Waals surface area contributed by atoms with Crippen molar-refractivity contribution in [3.8, 4) is 0 Å². The number of halogens is 3. The molecule has 0 unspecified atom stereocenters. The summed E-state index contributed by atoms with van der Waals surface area (Å²) >= 11 is 0. The highest BCUT2D eigenvalue weighted by atomic mass is 32.2. The van der Waals surface area contributed by atoms with E-state index in [0.717, 1.165) is 43.7 Å². The first-order valence-electron chi connectivity index (χ1n) is 6.67. The molecule has 0 aliphatic heterocycles. The summed E-state index contributed by atoms with van der Waals surface area (Å²) in [5.74, 6) is 0.206. The molecule has 1 saturated carbocycles. The zero-order valence-corrected chi connectivity index (χ0v) is 11.8. The molecule has 2 rings (SSSR count). The Hall–Kier alpha value is -1.04. The van der Waals surface area contributed by atoms with Crippen LogP contribution in [0.25, 0.3) is 0 Å². The first kappa shape index (κ1) is 15.4. The van der Waals surface area contributed by atoms with Gasteiger partial charge < -0.3 is 0 Å². The summed E-state index contributed by atoms with van der Waals surface area (Å²) < 4.78 is 62.2. The molecule has 0 radical (unpaired) electrons. The van der Waals surface area contributed by atoms with Gasteiger partial charge in [0.05, 0.1) is 4.90 Å². The lowest BCUT2D eigenvalue weighted by atomic mass is 9.84. The van der Waals surface area contributed by atoms with Gasteiger partial charge in [0.15, 0.2) is 6.67 Å². The second-order valence-corrected chi connectivity index (χ2v) is 7.26. The van der Waals surface area contributed by atoms with Gasteiger partial charge in [0, 0.05) is 0 Å². The second kappa shape index (κ2) is 5.76. The number of hydrogen-bond donors (Lipinski definition) is 0. The van der Waals surface area contributed by atoms with Crippen LogP contribution in [-0.2, 0) is 9.84 Å². The lowest BCUT2D eigenvalue weighted by Crippen LogP contribution is -2.31. The molecule has 1 aromatic rings. The van der Waals surface area contributed by atoms with Crippen LogP contribution in [0.3, 0.4) is 0 Å². The minimum atomic E-state index is -4.96. The van der Waals surface area contributed by atoms with Crippen LogP contribution in [0, 0.1) is 0 Å². The Morgan fingerprint density at radius 3 is 2.40 bits per heavy atom. The van der Waals surface area contributed by atoms with Gasteiger partial charge in [-0.15, -0.1) is 0 Å². The van der Waals surface area contributed by atoms with Gasteiger partial charge in [0.1, 0.15) is 0 Å². The Morgan fingerprint density at radius 2 is 1.80 bits per heavy atom. The van der Waals surface area contributed by atoms with E-state index in [9.17, 15) is 21.6 Å². The Bertz CT molecular complexity index is 564. The normalized spacial score (nSPS) is 18.1. The highest BCUT2D eigenvalue weighted by Crippen LogP contribution is 2.35. The molecule has 2 nitrogen and oxygen atoms in total. The zero-order chi connectivity index (χ0) is 14.8. The highest BCUT2D eigenvalue weighted by Gasteiger charge is 2.46. The maximum absolute atomic E-state index is 13.2. The number of sulfone groups is 1. The van der Waals surface area contributed by atoms with Gasteiger partial charge in [-0.25, -0.2) is 12.8 Å². The fourth-order valence-corrected chi connectivity index (χ4v) is 3.65. The van der Waals surface area contributed by atoms with E-state index in [1.807, 2.05) is 0 Å². The van der Waals surface area contributed by atoms with Crippen molar-refractivity contribution in [3.05, 3.63) is 29.8 Å². The van der Waals surface area contributed by atoms with E-state index in [1.165, 1.54) is 12.1 Å². The Morgan fingerprint density at radius 1 is 1.15 bits per heavy atom. The maximum Gasteiger partial charge on any atom is 0.377 e. The molecular formula is C14H17F3O2S. The van der Waals surface area contributed by atoms with Crippen LogP contribution < -0.4 is 0 Å². The fraction of sp³-hybridized carbons (Fsp3) is 0.571. The minimum absolute atomic E-state index is 0.206. The van der Waals surface area contributed by atoms with E-state index in [1.54, 1.807) is 6.07 Å². The lowest BCUT2D eigenvalue weighted by Gasteiger charge is -2.22. The van der Waals surface area contributed by atoms with Gasteiger partial charge in [0.25, 0.3) is 0 Å². The van der Waals surface area contributed by atoms with Crippen molar-refractivity contribution in [2.75, 3.05) is 6.67 Å². The average Bonchev–Trinajstić information content (AvgIpc) is 2.48. The third-order valence-electron chi connectivity index (χ3n) is 3.79. The van der Waals surface area contributed by atoms with Gasteiger partial charge in [-0.2, -0.15) is 8.78 Å². The largest absolute Gasteiger partial charge is 0.377 e. The zero-order valence-electron chi connectivity index (χ0n) is 11.0. The smallest absolute Gasteiger partial charge is 0.243 e. The van der Waals surface area contributed by atoms with Crippen LogP contribution in [-0.4, -0.2) is 20.3 Å². The molecular weight excluding hydrogens is 289 g/mol. The predicted octanol–water partition coefficient (Wildman–Crippen LogP) is 4.07. The first-order chi connectivity index (χ1) is 9.38. The van der Waals surface area contributed by atoms with Crippen molar-refractivity contribution in [2.45, 2.75) is 48.2 Å². The standard InChI is InChI=1S/C14H17F3O2S/c15-10-14(16,17)20(18,19)13-8-4-7-12(9-13)11-5-2-1-3-6-11/h4,7-9,11H,1-3,5-6,10H2. The SMILES string of the molecule is O=S(=O)(c1cccc(C2CCCCC2)c1)C(F)(F)CF. The molecule has 0 N–H and O–H groups in total. The van der Waals surface area contributed by atoms with Crippen LogP contribution in [0.4, 0.5) is 13.2 Å². The molecule has 0 atom stereocenters. The van der Waals surface area contributed by atoms with E-state index in [-0.39, 0.29) is 5.92 Å². The molecule has 20 heavy (non-hydrogen) atoms. The highest BCUT2D eigenvalue weighted by molar-refractivity contribution is 7.92. The van der Waals surface area contributed by atoms with Crippen LogP contribution in [0.15, 0.2) is 29.2 Å². The van der Waals surface area contributed by atoms with E-state index in [4.69, 9.17) is 0 Å². The van der Waals surface area contributed by atoms with Crippen LogP contribution in [0.5, 0.6) is 0 Å². The van der Waals surface area contributed by atoms with E-state index < -0.39 is 26.7 Å². The summed E-state index contributed by atoms with van der Waals surface area (Å²) in [6.45, 7) is -2.21. The number of hydrogen-bond acceptors (Lipinski definition) is 2. The van der Waals surface area contributed by atoms with E-state index >= 15 is 0 Å². The van der Waals surface area contributed by atoms with Gasteiger partial charge in [-0.1, -0.05) is 31.4 Å². The number of alkyl halides is 3. The summed E-state index contributed by atoms with van der Waals surface area (Å²) in [5, 5.41) is -4.36. The summed E-state index contributed by atoms with van der Waals surface area (Å²) in [7, 11) is -4.96. The van der Waals surface area contributed by atoms with Crippen molar-refractivity contribution >= 4 is 9.84 Å². The topological polar surface area (TPSA) is 34.1 Å². The summed E-state index contributed by atoms with van der Waals surface area (Å²) in [4.78, 5) is -0.497. The Kier molecular flexibility index (Phi) is 4.42. The van der Waals surface area contributed by atoms with Gasteiger partial charge in [0.2, 0.25) is 9.84 Å². The van der Waals surface area contributed by atoms with Crippen molar-refractivity contribution in [1.29, 1.82) is 0 Å². The van der Waals surface area contributed by atoms with Crippen LogP contribution >= 0.6 is 0 Å². The van der Waals surface area contributed by atoms with Crippen LogP contribution in [0.2, 0.25) is 0 Å². The minimum Gasteiger partial charge on any atom is -0.243 e. The second-order valence-electron chi connectivity index (χ2n) is 5.18. The van der Waals surface area contributed by atoms with Crippen molar-refractivity contribution < 1.29 is 21.6 Å². The third-order valence-corrected chi connectivity index (χ3v) is 5.56. The average molecular weight is 306 g/mol. The number of rotatable bonds is 4. The van der Waals surface area contributed by atoms with Gasteiger partial charge in [-0.05, 0) is 36.5 Å². The molecule has 0 amide bonds. The van der Waals surface area contributed by atoms with E-state index in [2.05, 4.69) is 0 Å². The molecule has 0 aromatic heterocycles. The monoisotopic (exact) mass is 306 g/mol. The lowest BCUT2D eigenvalue weighted by molar-refractivity contribution is 0.0620. The molecule has 1 aliphatic rings. The predicted molar refractivity (Wildman–Crippen MR) is 70.4 cm³/mol. The molecule has 0 spiro atoms. The quantitative estimate of drug-likeness (QED) is 0.840. The van der Waals surface area contributed by atoms with Gasteiger partial charge in [-0.3, -0.25) is 0 Å². The molecule has 1 fully saturated rings. The molecule has 0 bridgehead atoms. The van der Waals surface area contributed by atoms with Gasteiger partial charge >= 0.3 is 5.25 Å². The summed E-state index contributed by atoms with van der Waals surface area (Å²) in [6, 6.07) is 5.58. The van der Waals surface area contributed by atoms with E-state index in [0.29, 0.717) is 0 Å². The fourth-order valence-electron chi connectivity index (χ4n) is 2.62. The molecule has 0 saturated heterocycles. The molecule has 0 heterocycles. The Balaban J connectivity index is 2.34. The molecule has 6 heteroatoms. The molecule has 1 aromatic carbocycles. The number of benzene rings is 1. The van der Waals surface area contributed by atoms with Crippen molar-refractivity contribution in [1.82, 2.24) is 0 Å². The third kappa shape index (κ3) is 2.85. The summed E-state index contributed by atoms with van der Waals surface area (Å²) in [6.07, 6.45) is 5.13. The van der Waals surface area contributed by atoms with Crippen LogP contribution in [0.1, 0.15) is 43.6 Å². The Labute approximate surface area is 116 Å². The molecule has 112 valence electrons. The molecule has 1 aliphatic carbocycles. The first-order valence-corrected chi connectivity index (χ1v) is 8.15. The van der Waals surface area contributed by atoms with Crippen molar-refractivity contribution in [2.24, 2.45) is 0 Å². The van der Waals surface area contributed by atoms with Crippen molar-refractivity contribution in [3.63, 3.8) is 0 Å².